The van der Waals surface area contributed by atoms with Crippen LogP contribution < -0.4 is 0 Å². The molecule has 4 heterocycles. The Bertz CT molecular complexity index is 1850. The summed E-state index contributed by atoms with van der Waals surface area (Å²) in [5.41, 5.74) is 4.69. The Labute approximate surface area is 347 Å². The molecule has 0 atom stereocenters. The third-order valence-electron chi connectivity index (χ3n) is 11.1. The normalized spacial score (nSPS) is 15.2. The van der Waals surface area contributed by atoms with Gasteiger partial charge in [-0.15, -0.1) is 0 Å². The molecule has 0 saturated heterocycles. The van der Waals surface area contributed by atoms with E-state index in [0.717, 1.165) is 36.7 Å². The lowest BCUT2D eigenvalue weighted by molar-refractivity contribution is 0.0511. The summed E-state index contributed by atoms with van der Waals surface area (Å²) in [6.07, 6.45) is 26.5. The van der Waals surface area contributed by atoms with Crippen LogP contribution in [0.1, 0.15) is 174 Å². The fourth-order valence-corrected chi connectivity index (χ4v) is 7.99. The largest absolute Gasteiger partial charge is 0.477 e. The zero-order valence-electron chi connectivity index (χ0n) is 35.1. The van der Waals surface area contributed by atoms with E-state index in [1.54, 1.807) is 50.5 Å². The van der Waals surface area contributed by atoms with Crippen LogP contribution in [-0.2, 0) is 27.1 Å². The average molecular weight is 817 g/mol. The number of esters is 3. The van der Waals surface area contributed by atoms with Crippen molar-refractivity contribution in [3.63, 3.8) is 0 Å². The molecule has 4 aromatic rings. The van der Waals surface area contributed by atoms with E-state index < -0.39 is 11.9 Å². The zero-order chi connectivity index (χ0) is 42.4. The lowest BCUT2D eigenvalue weighted by Gasteiger charge is -2.06. The van der Waals surface area contributed by atoms with Crippen molar-refractivity contribution in [2.24, 2.45) is 17.8 Å². The van der Waals surface area contributed by atoms with Crippen LogP contribution in [0.5, 0.6) is 0 Å². The molecule has 4 aromatic heterocycles. The van der Waals surface area contributed by atoms with Gasteiger partial charge in [0.2, 0.25) is 0 Å². The van der Waals surface area contributed by atoms with E-state index in [1.165, 1.54) is 82.6 Å². The maximum Gasteiger partial charge on any atom is 0.354 e. The van der Waals surface area contributed by atoms with Gasteiger partial charge >= 0.3 is 23.9 Å². The van der Waals surface area contributed by atoms with E-state index >= 15 is 0 Å². The number of Topliss-reactive ketones (excluding diaryl/α,β-unsaturated/α-hetero) is 1. The van der Waals surface area contributed by atoms with Crippen molar-refractivity contribution in [2.45, 2.75) is 124 Å². The molecule has 59 heavy (non-hydrogen) atoms. The van der Waals surface area contributed by atoms with Crippen LogP contribution >= 0.6 is 0 Å². The van der Waals surface area contributed by atoms with Crippen molar-refractivity contribution in [3.05, 3.63) is 94.6 Å². The summed E-state index contributed by atoms with van der Waals surface area (Å²) in [5, 5.41) is 8.73. The van der Waals surface area contributed by atoms with Crippen LogP contribution in [-0.4, -0.2) is 74.5 Å². The molecule has 13 nitrogen and oxygen atoms in total. The molecule has 3 aliphatic carbocycles. The molecule has 0 radical (unpaired) electrons. The second kappa shape index (κ2) is 25.2. The van der Waals surface area contributed by atoms with Gasteiger partial charge in [0, 0.05) is 36.8 Å². The first kappa shape index (κ1) is 46.4. The average Bonchev–Trinajstić information content (AvgIpc) is 4.08. The van der Waals surface area contributed by atoms with Gasteiger partial charge in [0.1, 0.15) is 22.8 Å². The van der Waals surface area contributed by atoms with E-state index in [0.29, 0.717) is 60.5 Å². The number of hydrogen-bond acceptors (Lipinski definition) is 8. The number of hydrogen-bond donors (Lipinski definition) is 5. The Kier molecular flexibility index (Phi) is 19.8. The van der Waals surface area contributed by atoms with Gasteiger partial charge in [0.05, 0.1) is 19.8 Å². The number of carbonyl (C=O) groups is 5. The van der Waals surface area contributed by atoms with Crippen molar-refractivity contribution in [2.75, 3.05) is 19.8 Å². The Morgan fingerprint density at radius 2 is 1.02 bits per heavy atom. The molecular formula is C46H64N4O9. The fraction of sp³-hybridized carbons (Fsp3) is 0.543. The van der Waals surface area contributed by atoms with Gasteiger partial charge in [-0.05, 0) is 99.2 Å². The van der Waals surface area contributed by atoms with Gasteiger partial charge < -0.3 is 39.3 Å². The van der Waals surface area contributed by atoms with Crippen LogP contribution in [0.25, 0.3) is 0 Å². The Hall–Kier alpha value is -5.33. The number of ketones is 1. The molecule has 322 valence electrons. The van der Waals surface area contributed by atoms with Gasteiger partial charge in [-0.2, -0.15) is 0 Å². The Morgan fingerprint density at radius 1 is 0.576 bits per heavy atom. The summed E-state index contributed by atoms with van der Waals surface area (Å²) in [6.45, 7) is 6.53. The predicted octanol–water partition coefficient (Wildman–Crippen LogP) is 9.91. The van der Waals surface area contributed by atoms with Crippen molar-refractivity contribution in [1.29, 1.82) is 0 Å². The number of nitrogens with one attached hydrogen (secondary N) is 4. The molecule has 13 heteroatoms. The molecule has 0 aromatic carbocycles. The van der Waals surface area contributed by atoms with Gasteiger partial charge in [0.15, 0.2) is 5.78 Å². The Morgan fingerprint density at radius 3 is 1.47 bits per heavy atom. The number of ether oxygens (including phenoxy) is 3. The lowest BCUT2D eigenvalue weighted by Crippen LogP contribution is -2.05. The second-order valence-electron chi connectivity index (χ2n) is 15.5. The van der Waals surface area contributed by atoms with Crippen molar-refractivity contribution < 1.29 is 43.3 Å². The molecule has 0 aliphatic heterocycles. The molecular weight excluding hydrogens is 753 g/mol. The standard InChI is InChI=1S/C15H21NO3.C13H19NO2.C11H15NO2.C7H9NO2/c1-2-19-15(18)13-9-12(10-16-13)14(17)8-7-11-5-3-4-6-11;1-2-16-13(15)12-8-11(9-14-12)7-10-5-3-4-6-10;13-11(14)10-6-9(7-12-10)5-8-3-1-2-4-8;1-2-10-7(9)6-4-3-5-8-6/h9-11,16H,2-8H2,1H3;8-10,14H,2-7H2,1H3;6-8,12H,1-5H2,(H,13,14);3-5,8H,2H2,1H3. The summed E-state index contributed by atoms with van der Waals surface area (Å²) >= 11 is 0. The van der Waals surface area contributed by atoms with Crippen LogP contribution in [0.3, 0.4) is 0 Å². The fourth-order valence-electron chi connectivity index (χ4n) is 7.99. The summed E-state index contributed by atoms with van der Waals surface area (Å²) in [7, 11) is 0. The van der Waals surface area contributed by atoms with Gasteiger partial charge in [-0.3, -0.25) is 4.79 Å². The molecule has 0 amide bonds. The third-order valence-corrected chi connectivity index (χ3v) is 11.1. The number of H-pyrrole nitrogens is 4. The molecule has 0 unspecified atom stereocenters. The van der Waals surface area contributed by atoms with Crippen LogP contribution in [0.4, 0.5) is 0 Å². The minimum absolute atomic E-state index is 0.110. The Balaban J connectivity index is 0.000000178. The smallest absolute Gasteiger partial charge is 0.354 e. The molecule has 0 spiro atoms. The molecule has 0 bridgehead atoms. The van der Waals surface area contributed by atoms with Crippen molar-refractivity contribution in [3.8, 4) is 0 Å². The van der Waals surface area contributed by atoms with E-state index in [1.807, 2.05) is 25.4 Å². The molecule has 7 rings (SSSR count). The summed E-state index contributed by atoms with van der Waals surface area (Å²) in [6, 6.07) is 8.70. The summed E-state index contributed by atoms with van der Waals surface area (Å²) in [5.74, 6) is 0.581. The number of carbonyl (C=O) groups excluding carboxylic acids is 4. The highest BCUT2D eigenvalue weighted by atomic mass is 16.5. The molecule has 3 aliphatic rings. The van der Waals surface area contributed by atoms with Crippen molar-refractivity contribution >= 4 is 29.7 Å². The molecule has 3 saturated carbocycles. The number of aromatic nitrogens is 4. The van der Waals surface area contributed by atoms with Crippen LogP contribution in [0.2, 0.25) is 0 Å². The van der Waals surface area contributed by atoms with Crippen molar-refractivity contribution in [1.82, 2.24) is 19.9 Å². The molecule has 5 N–H and O–H groups in total. The first-order valence-corrected chi connectivity index (χ1v) is 21.5. The van der Waals surface area contributed by atoms with Gasteiger partial charge in [-0.25, -0.2) is 19.2 Å². The topological polar surface area (TPSA) is 196 Å². The summed E-state index contributed by atoms with van der Waals surface area (Å²) < 4.78 is 14.5. The number of aromatic amines is 4. The zero-order valence-corrected chi connectivity index (χ0v) is 35.1. The highest BCUT2D eigenvalue weighted by molar-refractivity contribution is 5.99. The first-order chi connectivity index (χ1) is 28.6. The van der Waals surface area contributed by atoms with E-state index in [9.17, 15) is 24.0 Å². The SMILES string of the molecule is CCOC(=O)c1cc(C(=O)CCC2CCCC2)c[nH]1.CCOC(=O)c1cc(CC2CCCC2)c[nH]1.CCOC(=O)c1ccc[nH]1.O=C(O)c1cc(CC2CCCC2)c[nH]1. The number of carboxylic acid groups (broad SMARTS) is 1. The second-order valence-corrected chi connectivity index (χ2v) is 15.5. The van der Waals surface area contributed by atoms with E-state index in [-0.39, 0.29) is 17.7 Å². The minimum atomic E-state index is -0.873. The third kappa shape index (κ3) is 16.1. The minimum Gasteiger partial charge on any atom is -0.477 e. The van der Waals surface area contributed by atoms with Gasteiger partial charge in [-0.1, -0.05) is 77.0 Å². The van der Waals surface area contributed by atoms with Crippen LogP contribution in [0, 0.1) is 17.8 Å². The van der Waals surface area contributed by atoms with Crippen LogP contribution in [0.15, 0.2) is 55.1 Å². The predicted molar refractivity (Wildman–Crippen MR) is 225 cm³/mol. The number of aromatic carboxylic acids is 1. The van der Waals surface area contributed by atoms with E-state index in [2.05, 4.69) is 19.9 Å². The maximum atomic E-state index is 12.0. The monoisotopic (exact) mass is 816 g/mol. The highest BCUT2D eigenvalue weighted by Gasteiger charge is 2.20. The quantitative estimate of drug-likeness (QED) is 0.0441. The van der Waals surface area contributed by atoms with E-state index in [4.69, 9.17) is 19.3 Å². The number of rotatable bonds is 15. The van der Waals surface area contributed by atoms with Gasteiger partial charge in [0.25, 0.3) is 0 Å². The summed E-state index contributed by atoms with van der Waals surface area (Å²) in [4.78, 5) is 67.7. The first-order valence-electron chi connectivity index (χ1n) is 21.5. The number of carboxylic acids is 1. The lowest BCUT2D eigenvalue weighted by atomic mass is 9.98. The maximum absolute atomic E-state index is 12.0. The highest BCUT2D eigenvalue weighted by Crippen LogP contribution is 2.30. The molecule has 3 fully saturated rings.